The first-order valence-corrected chi connectivity index (χ1v) is 8.03. The Morgan fingerprint density at radius 1 is 1.24 bits per heavy atom. The van der Waals surface area contributed by atoms with Crippen LogP contribution in [-0.4, -0.2) is 22.1 Å². The van der Waals surface area contributed by atoms with Crippen molar-refractivity contribution in [1.82, 2.24) is 14.9 Å². The molecular formula is C15H15Cl2N3O. The summed E-state index contributed by atoms with van der Waals surface area (Å²) in [6, 6.07) is 3.76. The van der Waals surface area contributed by atoms with Gasteiger partial charge in [0.25, 0.3) is 5.56 Å². The number of nitrogens with zero attached hydrogens (tertiary/aromatic N) is 2. The van der Waals surface area contributed by atoms with E-state index in [2.05, 4.69) is 5.32 Å². The van der Waals surface area contributed by atoms with Crippen LogP contribution in [0.2, 0.25) is 10.0 Å². The Kier molecular flexibility index (Phi) is 3.21. The van der Waals surface area contributed by atoms with Gasteiger partial charge in [-0.05, 0) is 37.9 Å². The number of benzene rings is 1. The fourth-order valence-electron chi connectivity index (χ4n) is 3.57. The van der Waals surface area contributed by atoms with E-state index < -0.39 is 0 Å². The van der Waals surface area contributed by atoms with Gasteiger partial charge in [0.15, 0.2) is 0 Å². The van der Waals surface area contributed by atoms with Gasteiger partial charge in [-0.2, -0.15) is 0 Å². The van der Waals surface area contributed by atoms with Gasteiger partial charge < -0.3 is 5.32 Å². The largest absolute Gasteiger partial charge is 0.313 e. The topological polar surface area (TPSA) is 46.9 Å². The zero-order valence-corrected chi connectivity index (χ0v) is 12.9. The average molecular weight is 324 g/mol. The Hall–Kier alpha value is -1.10. The van der Waals surface area contributed by atoms with Gasteiger partial charge in [0, 0.05) is 18.5 Å². The predicted molar refractivity (Wildman–Crippen MR) is 84.4 cm³/mol. The molecule has 6 heteroatoms. The molecule has 1 saturated heterocycles. The Balaban J connectivity index is 1.97. The Morgan fingerprint density at radius 3 is 2.90 bits per heavy atom. The van der Waals surface area contributed by atoms with E-state index in [1.807, 2.05) is 4.57 Å². The van der Waals surface area contributed by atoms with Crippen molar-refractivity contribution >= 4 is 34.1 Å². The monoisotopic (exact) mass is 323 g/mol. The molecule has 0 saturated carbocycles. The summed E-state index contributed by atoms with van der Waals surface area (Å²) >= 11 is 12.1. The molecule has 0 spiro atoms. The minimum atomic E-state index is -0.00223. The predicted octanol–water partition coefficient (Wildman–Crippen LogP) is 2.94. The molecule has 1 N–H and O–H groups in total. The lowest BCUT2D eigenvalue weighted by Gasteiger charge is -2.37. The van der Waals surface area contributed by atoms with Crippen molar-refractivity contribution in [2.75, 3.05) is 6.54 Å². The third-order valence-electron chi connectivity index (χ3n) is 4.61. The summed E-state index contributed by atoms with van der Waals surface area (Å²) in [6.07, 6.45) is 3.18. The number of aromatic nitrogens is 2. The third kappa shape index (κ3) is 2.08. The van der Waals surface area contributed by atoms with Gasteiger partial charge in [-0.1, -0.05) is 23.2 Å². The molecule has 2 atom stereocenters. The van der Waals surface area contributed by atoms with E-state index in [1.165, 1.54) is 0 Å². The van der Waals surface area contributed by atoms with Gasteiger partial charge in [-0.3, -0.25) is 9.36 Å². The van der Waals surface area contributed by atoms with Gasteiger partial charge in [0.1, 0.15) is 5.82 Å². The number of piperidine rings is 1. The molecule has 0 unspecified atom stereocenters. The Morgan fingerprint density at radius 2 is 2.05 bits per heavy atom. The highest BCUT2D eigenvalue weighted by atomic mass is 35.5. The van der Waals surface area contributed by atoms with Crippen molar-refractivity contribution in [3.8, 4) is 0 Å². The Bertz CT molecular complexity index is 787. The van der Waals surface area contributed by atoms with Gasteiger partial charge in [-0.25, -0.2) is 4.98 Å². The SMILES string of the molecule is O=c1c2cc(Cl)c(Cl)cc2nc2n1CC[C@H]1NCCC[C@H]21. The number of fused-ring (bicyclic) bond motifs is 4. The number of halogens is 2. The molecule has 0 aliphatic carbocycles. The molecule has 2 aliphatic rings. The quantitative estimate of drug-likeness (QED) is 0.810. The number of hydrogen-bond acceptors (Lipinski definition) is 3. The number of hydrogen-bond donors (Lipinski definition) is 1. The molecule has 2 aromatic rings. The second-order valence-corrected chi connectivity index (χ2v) is 6.62. The molecule has 2 aliphatic heterocycles. The van der Waals surface area contributed by atoms with Gasteiger partial charge in [-0.15, -0.1) is 0 Å². The maximum Gasteiger partial charge on any atom is 0.261 e. The molecule has 110 valence electrons. The van der Waals surface area contributed by atoms with Crippen molar-refractivity contribution in [2.24, 2.45) is 0 Å². The Labute approximate surface area is 132 Å². The van der Waals surface area contributed by atoms with Crippen LogP contribution in [0.15, 0.2) is 16.9 Å². The first-order chi connectivity index (χ1) is 10.1. The van der Waals surface area contributed by atoms with E-state index in [-0.39, 0.29) is 5.56 Å². The first kappa shape index (κ1) is 13.6. The summed E-state index contributed by atoms with van der Waals surface area (Å²) in [5.41, 5.74) is 0.643. The summed E-state index contributed by atoms with van der Waals surface area (Å²) in [7, 11) is 0. The molecule has 1 aromatic carbocycles. The van der Waals surface area contributed by atoms with Crippen LogP contribution in [0.4, 0.5) is 0 Å². The molecule has 3 heterocycles. The van der Waals surface area contributed by atoms with Crippen molar-refractivity contribution in [1.29, 1.82) is 0 Å². The van der Waals surface area contributed by atoms with E-state index in [0.29, 0.717) is 39.5 Å². The van der Waals surface area contributed by atoms with Crippen molar-refractivity contribution in [2.45, 2.75) is 37.8 Å². The van der Waals surface area contributed by atoms with Crippen molar-refractivity contribution in [3.63, 3.8) is 0 Å². The molecule has 4 nitrogen and oxygen atoms in total. The fourth-order valence-corrected chi connectivity index (χ4v) is 3.89. The molecular weight excluding hydrogens is 309 g/mol. The average Bonchev–Trinajstić information content (AvgIpc) is 2.49. The van der Waals surface area contributed by atoms with E-state index >= 15 is 0 Å². The third-order valence-corrected chi connectivity index (χ3v) is 5.33. The van der Waals surface area contributed by atoms with Crippen LogP contribution in [0.5, 0.6) is 0 Å². The summed E-state index contributed by atoms with van der Waals surface area (Å²) in [4.78, 5) is 17.5. The maximum atomic E-state index is 12.7. The summed E-state index contributed by atoms with van der Waals surface area (Å²) < 4.78 is 1.82. The molecule has 0 radical (unpaired) electrons. The second-order valence-electron chi connectivity index (χ2n) is 5.81. The van der Waals surface area contributed by atoms with Crippen LogP contribution in [0.1, 0.15) is 31.0 Å². The van der Waals surface area contributed by atoms with E-state index in [0.717, 1.165) is 31.6 Å². The van der Waals surface area contributed by atoms with E-state index in [9.17, 15) is 4.79 Å². The van der Waals surface area contributed by atoms with Crippen LogP contribution < -0.4 is 10.9 Å². The van der Waals surface area contributed by atoms with Crippen LogP contribution in [-0.2, 0) is 6.54 Å². The lowest BCUT2D eigenvalue weighted by atomic mass is 9.85. The normalized spacial score (nSPS) is 24.7. The first-order valence-electron chi connectivity index (χ1n) is 7.28. The van der Waals surface area contributed by atoms with Gasteiger partial charge in [0.2, 0.25) is 0 Å². The smallest absolute Gasteiger partial charge is 0.261 e. The summed E-state index contributed by atoms with van der Waals surface area (Å²) in [6.45, 7) is 1.77. The van der Waals surface area contributed by atoms with E-state index in [1.54, 1.807) is 12.1 Å². The van der Waals surface area contributed by atoms with Crippen molar-refractivity contribution < 1.29 is 0 Å². The zero-order chi connectivity index (χ0) is 14.6. The summed E-state index contributed by atoms with van der Waals surface area (Å²) in [5, 5.41) is 4.94. The second kappa shape index (κ2) is 4.97. The highest BCUT2D eigenvalue weighted by Crippen LogP contribution is 2.33. The van der Waals surface area contributed by atoms with Crippen LogP contribution in [0, 0.1) is 0 Å². The summed E-state index contributed by atoms with van der Waals surface area (Å²) in [5.74, 6) is 1.22. The maximum absolute atomic E-state index is 12.7. The fraction of sp³-hybridized carbons (Fsp3) is 0.467. The van der Waals surface area contributed by atoms with Crippen LogP contribution >= 0.6 is 23.2 Å². The molecule has 0 bridgehead atoms. The van der Waals surface area contributed by atoms with Crippen molar-refractivity contribution in [3.05, 3.63) is 38.4 Å². The van der Waals surface area contributed by atoms with Gasteiger partial charge in [0.05, 0.1) is 20.9 Å². The highest BCUT2D eigenvalue weighted by molar-refractivity contribution is 6.42. The van der Waals surface area contributed by atoms with Gasteiger partial charge >= 0.3 is 0 Å². The highest BCUT2D eigenvalue weighted by Gasteiger charge is 2.33. The van der Waals surface area contributed by atoms with Crippen LogP contribution in [0.3, 0.4) is 0 Å². The zero-order valence-electron chi connectivity index (χ0n) is 11.4. The molecule has 21 heavy (non-hydrogen) atoms. The number of rotatable bonds is 0. The number of nitrogens with one attached hydrogen (secondary N) is 1. The molecule has 1 fully saturated rings. The minimum Gasteiger partial charge on any atom is -0.313 e. The van der Waals surface area contributed by atoms with E-state index in [4.69, 9.17) is 28.2 Å². The lowest BCUT2D eigenvalue weighted by Crippen LogP contribution is -2.47. The standard InChI is InChI=1S/C15H15Cl2N3O/c16-10-6-9-13(7-11(10)17)19-14-8-2-1-4-18-12(8)3-5-20(14)15(9)21/h6-8,12,18H,1-5H2/t8-,12+/m0/s1. The molecule has 1 aromatic heterocycles. The molecule has 4 rings (SSSR count). The minimum absolute atomic E-state index is 0.00223. The lowest BCUT2D eigenvalue weighted by molar-refractivity contribution is 0.272. The van der Waals surface area contributed by atoms with Crippen LogP contribution in [0.25, 0.3) is 10.9 Å². The molecule has 0 amide bonds.